The Kier molecular flexibility index (Phi) is 9.80. The van der Waals surface area contributed by atoms with Crippen molar-refractivity contribution in [3.8, 4) is 0 Å². The maximum Gasteiger partial charge on any atom is 0.328 e. The highest BCUT2D eigenvalue weighted by Crippen LogP contribution is 2.27. The van der Waals surface area contributed by atoms with E-state index in [1.165, 1.54) is 12.1 Å². The molecule has 1 aromatic carbocycles. The Labute approximate surface area is 167 Å². The van der Waals surface area contributed by atoms with Crippen LogP contribution in [0.25, 0.3) is 0 Å². The lowest BCUT2D eigenvalue weighted by atomic mass is 10.00. The van der Waals surface area contributed by atoms with Gasteiger partial charge in [-0.2, -0.15) is 0 Å². The summed E-state index contributed by atoms with van der Waals surface area (Å²) in [6.45, 7) is 5.94. The van der Waals surface area contributed by atoms with Crippen LogP contribution in [0.2, 0.25) is 5.02 Å². The summed E-state index contributed by atoms with van der Waals surface area (Å²) >= 11 is 6.21. The number of ketones is 1. The number of rotatable bonds is 11. The predicted octanol–water partition coefficient (Wildman–Crippen LogP) is 4.13. The minimum atomic E-state index is -4.05. The van der Waals surface area contributed by atoms with Gasteiger partial charge in [0.25, 0.3) is 10.0 Å². The van der Waals surface area contributed by atoms with Gasteiger partial charge in [0, 0.05) is 24.4 Å². The van der Waals surface area contributed by atoms with Gasteiger partial charge >= 0.3 is 6.03 Å². The number of halogens is 1. The van der Waals surface area contributed by atoms with E-state index >= 15 is 0 Å². The standard InChI is InChI=1S/C19H29ClN2O4S/c1-4-6-7-8-9-15(23)13-16-14(3)18(11-10-17(16)20)27(25,26)22-19(24)21-12-5-2/h10-11H,4-9,12-13H2,1-3H3,(H2,21,22,24). The van der Waals surface area contributed by atoms with Crippen molar-refractivity contribution in [3.05, 3.63) is 28.3 Å². The van der Waals surface area contributed by atoms with Gasteiger partial charge in [0.05, 0.1) is 4.90 Å². The van der Waals surface area contributed by atoms with E-state index in [0.717, 1.165) is 25.7 Å². The van der Waals surface area contributed by atoms with Crippen molar-refractivity contribution in [2.45, 2.75) is 70.6 Å². The topological polar surface area (TPSA) is 92.3 Å². The molecule has 0 radical (unpaired) electrons. The van der Waals surface area contributed by atoms with Crippen LogP contribution in [0.1, 0.15) is 63.5 Å². The molecule has 1 rings (SSSR count). The number of nitrogens with one attached hydrogen (secondary N) is 2. The second kappa shape index (κ2) is 11.3. The average Bonchev–Trinajstić information content (AvgIpc) is 2.59. The van der Waals surface area contributed by atoms with Crippen molar-refractivity contribution in [1.29, 1.82) is 0 Å². The molecule has 6 nitrogen and oxygen atoms in total. The summed E-state index contributed by atoms with van der Waals surface area (Å²) in [5.41, 5.74) is 0.884. The van der Waals surface area contributed by atoms with Crippen molar-refractivity contribution in [2.24, 2.45) is 0 Å². The number of urea groups is 1. The Morgan fingerprint density at radius 1 is 1.07 bits per heavy atom. The van der Waals surface area contributed by atoms with Gasteiger partial charge in [-0.1, -0.05) is 44.7 Å². The van der Waals surface area contributed by atoms with Crippen LogP contribution in [0, 0.1) is 6.92 Å². The van der Waals surface area contributed by atoms with Crippen molar-refractivity contribution in [3.63, 3.8) is 0 Å². The molecule has 0 aromatic heterocycles. The second-order valence-electron chi connectivity index (χ2n) is 6.54. The number of amides is 2. The van der Waals surface area contributed by atoms with Crippen molar-refractivity contribution in [2.75, 3.05) is 6.54 Å². The van der Waals surface area contributed by atoms with Gasteiger partial charge in [0.2, 0.25) is 0 Å². The van der Waals surface area contributed by atoms with Gasteiger partial charge in [0.15, 0.2) is 0 Å². The van der Waals surface area contributed by atoms with Crippen molar-refractivity contribution in [1.82, 2.24) is 10.0 Å². The van der Waals surface area contributed by atoms with Gasteiger partial charge in [-0.05, 0) is 43.0 Å². The summed E-state index contributed by atoms with van der Waals surface area (Å²) in [6.07, 6.45) is 5.23. The molecule has 0 spiro atoms. The fraction of sp³-hybridized carbons (Fsp3) is 0.579. The van der Waals surface area contributed by atoms with E-state index in [-0.39, 0.29) is 17.1 Å². The molecule has 1 aromatic rings. The molecule has 0 atom stereocenters. The maximum absolute atomic E-state index is 12.5. The van der Waals surface area contributed by atoms with Crippen LogP contribution < -0.4 is 10.0 Å². The lowest BCUT2D eigenvalue weighted by Crippen LogP contribution is -2.39. The molecule has 0 aliphatic carbocycles. The minimum Gasteiger partial charge on any atom is -0.337 e. The molecular weight excluding hydrogens is 388 g/mol. The number of unbranched alkanes of at least 4 members (excludes halogenated alkanes) is 3. The number of carbonyl (C=O) groups excluding carboxylic acids is 2. The van der Waals surface area contributed by atoms with Crippen LogP contribution in [0.5, 0.6) is 0 Å². The van der Waals surface area contributed by atoms with Crippen LogP contribution >= 0.6 is 11.6 Å². The molecule has 27 heavy (non-hydrogen) atoms. The summed E-state index contributed by atoms with van der Waals surface area (Å²) in [5, 5.41) is 2.81. The average molecular weight is 417 g/mol. The highest BCUT2D eigenvalue weighted by molar-refractivity contribution is 7.90. The van der Waals surface area contributed by atoms with Gasteiger partial charge < -0.3 is 5.32 Å². The first kappa shape index (κ1) is 23.4. The predicted molar refractivity (Wildman–Crippen MR) is 108 cm³/mol. The Morgan fingerprint density at radius 2 is 1.78 bits per heavy atom. The van der Waals surface area contributed by atoms with Crippen LogP contribution in [-0.2, 0) is 21.2 Å². The molecule has 2 amide bonds. The Morgan fingerprint density at radius 3 is 2.41 bits per heavy atom. The highest BCUT2D eigenvalue weighted by atomic mass is 35.5. The molecule has 2 N–H and O–H groups in total. The number of hydrogen-bond acceptors (Lipinski definition) is 4. The summed E-state index contributed by atoms with van der Waals surface area (Å²) in [7, 11) is -4.05. The van der Waals surface area contributed by atoms with Crippen molar-refractivity contribution >= 4 is 33.4 Å². The SMILES string of the molecule is CCCCCCC(=O)Cc1c(Cl)ccc(S(=O)(=O)NC(=O)NCCC)c1C. The summed E-state index contributed by atoms with van der Waals surface area (Å²) < 4.78 is 27.0. The fourth-order valence-electron chi connectivity index (χ4n) is 2.70. The van der Waals surface area contributed by atoms with Gasteiger partial charge in [0.1, 0.15) is 5.78 Å². The Bertz CT molecular complexity index is 763. The molecule has 8 heteroatoms. The Balaban J connectivity index is 2.94. The van der Waals surface area contributed by atoms with Crippen LogP contribution in [-0.4, -0.2) is 26.8 Å². The van der Waals surface area contributed by atoms with E-state index in [0.29, 0.717) is 35.5 Å². The maximum atomic E-state index is 12.5. The molecule has 0 aliphatic heterocycles. The van der Waals surface area contributed by atoms with Gasteiger partial charge in [-0.25, -0.2) is 17.9 Å². The fourth-order valence-corrected chi connectivity index (χ4v) is 4.17. The third-order valence-corrected chi connectivity index (χ3v) is 6.06. The molecule has 152 valence electrons. The van der Waals surface area contributed by atoms with Gasteiger partial charge in [-0.3, -0.25) is 4.79 Å². The lowest BCUT2D eigenvalue weighted by molar-refractivity contribution is -0.118. The van der Waals surface area contributed by atoms with Crippen LogP contribution in [0.15, 0.2) is 17.0 Å². The van der Waals surface area contributed by atoms with E-state index in [1.807, 2.05) is 11.6 Å². The number of benzene rings is 1. The molecule has 0 heterocycles. The quantitative estimate of drug-likeness (QED) is 0.530. The van der Waals surface area contributed by atoms with Crippen molar-refractivity contribution < 1.29 is 18.0 Å². The van der Waals surface area contributed by atoms with E-state index in [4.69, 9.17) is 11.6 Å². The van der Waals surface area contributed by atoms with E-state index in [2.05, 4.69) is 12.2 Å². The van der Waals surface area contributed by atoms with E-state index in [9.17, 15) is 18.0 Å². The second-order valence-corrected chi connectivity index (χ2v) is 8.59. The lowest BCUT2D eigenvalue weighted by Gasteiger charge is -2.14. The first-order valence-electron chi connectivity index (χ1n) is 9.33. The highest BCUT2D eigenvalue weighted by Gasteiger charge is 2.23. The summed E-state index contributed by atoms with van der Waals surface area (Å²) in [6, 6.07) is 2.02. The summed E-state index contributed by atoms with van der Waals surface area (Å²) in [5.74, 6) is 0.0271. The zero-order valence-electron chi connectivity index (χ0n) is 16.2. The molecule has 0 fully saturated rings. The number of Topliss-reactive ketones (excluding diaryl/α,β-unsaturated/α-hetero) is 1. The number of carbonyl (C=O) groups is 2. The molecule has 0 aliphatic rings. The minimum absolute atomic E-state index is 0.0271. The molecule has 0 bridgehead atoms. The monoisotopic (exact) mass is 416 g/mol. The molecule has 0 unspecified atom stereocenters. The van der Waals surface area contributed by atoms with E-state index < -0.39 is 16.1 Å². The third kappa shape index (κ3) is 7.50. The van der Waals surface area contributed by atoms with Gasteiger partial charge in [-0.15, -0.1) is 0 Å². The van der Waals surface area contributed by atoms with E-state index in [1.54, 1.807) is 6.92 Å². The first-order chi connectivity index (χ1) is 12.7. The first-order valence-corrected chi connectivity index (χ1v) is 11.2. The molecular formula is C19H29ClN2O4S. The summed E-state index contributed by atoms with van der Waals surface area (Å²) in [4.78, 5) is 23.9. The molecule has 0 saturated heterocycles. The smallest absolute Gasteiger partial charge is 0.328 e. The van der Waals surface area contributed by atoms with Crippen LogP contribution in [0.4, 0.5) is 4.79 Å². The third-order valence-electron chi connectivity index (χ3n) is 4.23. The number of hydrogen-bond donors (Lipinski definition) is 2. The normalized spacial score (nSPS) is 11.3. The number of sulfonamides is 1. The zero-order chi connectivity index (χ0) is 20.4. The molecule has 0 saturated carbocycles. The zero-order valence-corrected chi connectivity index (χ0v) is 17.8. The largest absolute Gasteiger partial charge is 0.337 e. The van der Waals surface area contributed by atoms with Crippen LogP contribution in [0.3, 0.4) is 0 Å². The Hall–Kier alpha value is -1.60.